The second kappa shape index (κ2) is 4.29. The number of carboxylic acid groups (broad SMARTS) is 2. The first-order chi connectivity index (χ1) is 9.21. The highest BCUT2D eigenvalue weighted by molar-refractivity contribution is 5.88. The Kier molecular flexibility index (Phi) is 3.00. The minimum Gasteiger partial charge on any atom is -0.481 e. The fourth-order valence-corrected chi connectivity index (χ4v) is 2.81. The summed E-state index contributed by atoms with van der Waals surface area (Å²) in [6, 6.07) is 5.23. The van der Waals surface area contributed by atoms with Gasteiger partial charge >= 0.3 is 11.9 Å². The molecule has 2 N–H and O–H groups in total. The van der Waals surface area contributed by atoms with Crippen LogP contribution in [0.25, 0.3) is 0 Å². The van der Waals surface area contributed by atoms with Gasteiger partial charge in [-0.15, -0.1) is 0 Å². The van der Waals surface area contributed by atoms with E-state index in [9.17, 15) is 24.8 Å². The van der Waals surface area contributed by atoms with Gasteiger partial charge in [-0.25, -0.2) is 0 Å². The van der Waals surface area contributed by atoms with Crippen LogP contribution >= 0.6 is 0 Å². The number of nitro groups is 1. The molecule has 0 aliphatic heterocycles. The Morgan fingerprint density at radius 1 is 1.15 bits per heavy atom. The van der Waals surface area contributed by atoms with Gasteiger partial charge < -0.3 is 10.2 Å². The molecule has 1 aromatic carbocycles. The highest BCUT2D eigenvalue weighted by atomic mass is 16.6. The summed E-state index contributed by atoms with van der Waals surface area (Å²) in [5.74, 6) is -2.14. The maximum atomic E-state index is 11.5. The van der Waals surface area contributed by atoms with Crippen molar-refractivity contribution in [2.24, 2.45) is 5.41 Å². The third-order valence-electron chi connectivity index (χ3n) is 3.94. The Morgan fingerprint density at radius 3 is 2.00 bits per heavy atom. The van der Waals surface area contributed by atoms with E-state index in [4.69, 9.17) is 5.11 Å². The third-order valence-corrected chi connectivity index (χ3v) is 3.94. The number of non-ortho nitro benzene ring substituents is 1. The van der Waals surface area contributed by atoms with E-state index in [1.165, 1.54) is 31.2 Å². The van der Waals surface area contributed by atoms with Crippen LogP contribution in [0.5, 0.6) is 0 Å². The zero-order chi connectivity index (χ0) is 15.1. The molecule has 1 fully saturated rings. The van der Waals surface area contributed by atoms with E-state index in [0.717, 1.165) is 0 Å². The van der Waals surface area contributed by atoms with Gasteiger partial charge in [0, 0.05) is 12.1 Å². The summed E-state index contributed by atoms with van der Waals surface area (Å²) in [4.78, 5) is 32.6. The van der Waals surface area contributed by atoms with Gasteiger partial charge in [0.2, 0.25) is 0 Å². The number of rotatable bonds is 4. The molecule has 0 bridgehead atoms. The van der Waals surface area contributed by atoms with Crippen LogP contribution < -0.4 is 0 Å². The molecule has 0 spiro atoms. The van der Waals surface area contributed by atoms with Crippen LogP contribution in [0.15, 0.2) is 24.3 Å². The quantitative estimate of drug-likeness (QED) is 0.641. The molecule has 2 rings (SSSR count). The average molecular weight is 279 g/mol. The Morgan fingerprint density at radius 2 is 1.65 bits per heavy atom. The number of nitrogens with zero attached hydrogens (tertiary/aromatic N) is 1. The molecule has 106 valence electrons. The van der Waals surface area contributed by atoms with Crippen LogP contribution in [0.3, 0.4) is 0 Å². The van der Waals surface area contributed by atoms with Crippen LogP contribution in [-0.2, 0) is 15.0 Å². The molecule has 0 radical (unpaired) electrons. The van der Waals surface area contributed by atoms with E-state index in [1.54, 1.807) is 0 Å². The van der Waals surface area contributed by atoms with E-state index in [-0.39, 0.29) is 18.5 Å². The van der Waals surface area contributed by atoms with E-state index in [2.05, 4.69) is 0 Å². The molecular weight excluding hydrogens is 266 g/mol. The van der Waals surface area contributed by atoms with Crippen LogP contribution in [0, 0.1) is 15.5 Å². The monoisotopic (exact) mass is 279 g/mol. The molecule has 20 heavy (non-hydrogen) atoms. The summed E-state index contributed by atoms with van der Waals surface area (Å²) in [6.07, 6.45) is -0.0506. The van der Waals surface area contributed by atoms with Crippen molar-refractivity contribution in [2.75, 3.05) is 0 Å². The molecular formula is C13H13NO6. The van der Waals surface area contributed by atoms with E-state index < -0.39 is 27.7 Å². The Balaban J connectivity index is 2.35. The molecule has 7 heteroatoms. The molecule has 0 unspecified atom stereocenters. The lowest BCUT2D eigenvalue weighted by Gasteiger charge is -2.49. The minimum atomic E-state index is -1.28. The van der Waals surface area contributed by atoms with Crippen LogP contribution in [0.2, 0.25) is 0 Å². The van der Waals surface area contributed by atoms with Crippen LogP contribution in [0.1, 0.15) is 25.3 Å². The molecule has 0 amide bonds. The zero-order valence-corrected chi connectivity index (χ0v) is 10.7. The van der Waals surface area contributed by atoms with Gasteiger partial charge in [0.15, 0.2) is 0 Å². The summed E-state index contributed by atoms with van der Waals surface area (Å²) >= 11 is 0. The smallest absolute Gasteiger partial charge is 0.314 e. The second-order valence-corrected chi connectivity index (χ2v) is 5.41. The number of carboxylic acids is 2. The summed E-state index contributed by atoms with van der Waals surface area (Å²) in [7, 11) is 0. The summed E-state index contributed by atoms with van der Waals surface area (Å²) in [5.41, 5.74) is -2.08. The predicted molar refractivity (Wildman–Crippen MR) is 67.4 cm³/mol. The number of nitro benzene ring substituents is 1. The maximum absolute atomic E-state index is 11.5. The molecule has 0 aromatic heterocycles. The summed E-state index contributed by atoms with van der Waals surface area (Å²) < 4.78 is 0. The van der Waals surface area contributed by atoms with Crippen molar-refractivity contribution in [3.05, 3.63) is 39.9 Å². The largest absolute Gasteiger partial charge is 0.481 e. The minimum absolute atomic E-state index is 0.0253. The number of benzene rings is 1. The van der Waals surface area contributed by atoms with Crippen molar-refractivity contribution in [1.82, 2.24) is 0 Å². The molecule has 7 nitrogen and oxygen atoms in total. The fourth-order valence-electron chi connectivity index (χ4n) is 2.81. The number of carbonyl (C=O) groups is 2. The lowest BCUT2D eigenvalue weighted by Crippen LogP contribution is -2.56. The summed E-state index contributed by atoms with van der Waals surface area (Å²) in [6.45, 7) is 1.50. The lowest BCUT2D eigenvalue weighted by molar-refractivity contribution is -0.384. The van der Waals surface area contributed by atoms with Crippen LogP contribution in [-0.4, -0.2) is 27.1 Å². The van der Waals surface area contributed by atoms with Gasteiger partial charge in [0.05, 0.1) is 15.8 Å². The molecule has 1 aliphatic rings. The van der Waals surface area contributed by atoms with Crippen LogP contribution in [0.4, 0.5) is 5.69 Å². The third kappa shape index (κ3) is 1.91. The fraction of sp³-hybridized carbons (Fsp3) is 0.385. The highest BCUT2D eigenvalue weighted by Gasteiger charge is 2.61. The number of hydrogen-bond donors (Lipinski definition) is 2. The number of hydrogen-bond acceptors (Lipinski definition) is 4. The second-order valence-electron chi connectivity index (χ2n) is 5.41. The Labute approximate surface area is 114 Å². The Bertz CT molecular complexity index is 585. The molecule has 0 heterocycles. The van der Waals surface area contributed by atoms with Gasteiger partial charge in [-0.2, -0.15) is 0 Å². The van der Waals surface area contributed by atoms with E-state index in [0.29, 0.717) is 5.56 Å². The molecule has 0 saturated heterocycles. The van der Waals surface area contributed by atoms with Crippen molar-refractivity contribution in [1.29, 1.82) is 0 Å². The van der Waals surface area contributed by atoms with Crippen molar-refractivity contribution in [3.63, 3.8) is 0 Å². The van der Waals surface area contributed by atoms with Crippen molar-refractivity contribution >= 4 is 17.6 Å². The van der Waals surface area contributed by atoms with Gasteiger partial charge in [-0.05, 0) is 25.3 Å². The average Bonchev–Trinajstić information content (AvgIpc) is 2.34. The topological polar surface area (TPSA) is 118 Å². The highest BCUT2D eigenvalue weighted by Crippen LogP contribution is 2.56. The molecule has 1 aromatic rings. The number of aliphatic carboxylic acids is 2. The van der Waals surface area contributed by atoms with Gasteiger partial charge in [-0.3, -0.25) is 19.7 Å². The van der Waals surface area contributed by atoms with Crippen molar-refractivity contribution in [2.45, 2.75) is 25.2 Å². The Hall–Kier alpha value is -2.44. The molecule has 1 saturated carbocycles. The van der Waals surface area contributed by atoms with Gasteiger partial charge in [-0.1, -0.05) is 12.1 Å². The van der Waals surface area contributed by atoms with E-state index in [1.807, 2.05) is 0 Å². The summed E-state index contributed by atoms with van der Waals surface area (Å²) in [5, 5.41) is 29.1. The maximum Gasteiger partial charge on any atom is 0.314 e. The first kappa shape index (κ1) is 14.0. The SMILES string of the molecule is CC1(C(=O)O)CC(C(=O)O)(c2ccc([N+](=O)[O-])cc2)C1. The lowest BCUT2D eigenvalue weighted by atomic mass is 9.51. The van der Waals surface area contributed by atoms with Crippen molar-refractivity contribution in [3.8, 4) is 0 Å². The molecule has 0 atom stereocenters. The first-order valence-electron chi connectivity index (χ1n) is 5.93. The van der Waals surface area contributed by atoms with Gasteiger partial charge in [0.1, 0.15) is 0 Å². The first-order valence-corrected chi connectivity index (χ1v) is 5.93. The predicted octanol–water partition coefficient (Wildman–Crippen LogP) is 1.80. The molecule has 1 aliphatic carbocycles. The van der Waals surface area contributed by atoms with Crippen molar-refractivity contribution < 1.29 is 24.7 Å². The normalized spacial score (nSPS) is 28.4. The zero-order valence-electron chi connectivity index (χ0n) is 10.7. The van der Waals surface area contributed by atoms with E-state index >= 15 is 0 Å². The standard InChI is InChI=1S/C13H13NO6/c1-12(10(15)16)6-13(7-12,11(17)18)8-2-4-9(5-3-8)14(19)20/h2-5H,6-7H2,1H3,(H,15,16)(H,17,18). The van der Waals surface area contributed by atoms with Gasteiger partial charge in [0.25, 0.3) is 5.69 Å².